The first-order chi connectivity index (χ1) is 15.2. The number of ether oxygens (including phenoxy) is 1. The van der Waals surface area contributed by atoms with Gasteiger partial charge in [-0.3, -0.25) is 9.59 Å². The van der Waals surface area contributed by atoms with Gasteiger partial charge >= 0.3 is 0 Å². The van der Waals surface area contributed by atoms with E-state index in [0.29, 0.717) is 19.1 Å². The molecule has 0 spiro atoms. The topological polar surface area (TPSA) is 70.7 Å². The van der Waals surface area contributed by atoms with E-state index in [0.717, 1.165) is 62.2 Å². The molecule has 1 heterocycles. The predicted molar refractivity (Wildman–Crippen MR) is 132 cm³/mol. The maximum atomic E-state index is 12.5. The predicted octanol–water partition coefficient (Wildman–Crippen LogP) is 4.31. The van der Waals surface area contributed by atoms with Crippen LogP contribution in [0.25, 0.3) is 0 Å². The van der Waals surface area contributed by atoms with Crippen LogP contribution in [0.1, 0.15) is 74.5 Å². The second kappa shape index (κ2) is 13.3. The van der Waals surface area contributed by atoms with Crippen molar-refractivity contribution < 1.29 is 14.3 Å². The van der Waals surface area contributed by atoms with Gasteiger partial charge in [-0.2, -0.15) is 0 Å². The number of thiophene rings is 1. The Morgan fingerprint density at radius 3 is 2.59 bits per heavy atom. The largest absolute Gasteiger partial charge is 0.380 e. The summed E-state index contributed by atoms with van der Waals surface area (Å²) in [6, 6.07) is 1.89. The number of nitrogens with one attached hydrogen (secondary N) is 2. The van der Waals surface area contributed by atoms with E-state index in [4.69, 9.17) is 4.74 Å². The SMILES string of the molecule is COCc1csc(C(=O)NCCCN(C)CCCCNC(=O)[C@@H]2C[C@H](C)CC(C)(C)C2)c1. The molecule has 1 fully saturated rings. The lowest BCUT2D eigenvalue weighted by atomic mass is 9.68. The Balaban J connectivity index is 1.51. The molecule has 0 bridgehead atoms. The zero-order valence-electron chi connectivity index (χ0n) is 20.7. The summed E-state index contributed by atoms with van der Waals surface area (Å²) in [6.45, 7) is 10.8. The van der Waals surface area contributed by atoms with Crippen LogP contribution < -0.4 is 10.6 Å². The molecule has 1 aliphatic rings. The molecule has 0 aliphatic heterocycles. The third-order valence-corrected chi connectivity index (χ3v) is 7.19. The first kappa shape index (κ1) is 26.8. The summed E-state index contributed by atoms with van der Waals surface area (Å²) in [5.74, 6) is 1.04. The standard InChI is InChI=1S/C25H43N3O3S/c1-19-13-21(16-25(2,3)15-19)23(29)26-9-6-7-11-28(4)12-8-10-27-24(30)22-14-20(17-31-5)18-32-22/h14,18-19,21H,6-13,15-17H2,1-5H3,(H,26,29)(H,27,30)/t19-,21+/m0/s1. The zero-order chi connectivity index (χ0) is 23.6. The molecule has 1 aromatic rings. The summed E-state index contributed by atoms with van der Waals surface area (Å²) in [7, 11) is 3.77. The first-order valence-electron chi connectivity index (χ1n) is 12.0. The molecule has 6 nitrogen and oxygen atoms in total. The van der Waals surface area contributed by atoms with Gasteiger partial charge in [0, 0.05) is 26.1 Å². The van der Waals surface area contributed by atoms with E-state index < -0.39 is 0 Å². The highest BCUT2D eigenvalue weighted by Gasteiger charge is 2.35. The van der Waals surface area contributed by atoms with Crippen LogP contribution in [0.2, 0.25) is 0 Å². The number of unbranched alkanes of at least 4 members (excludes halogenated alkanes) is 1. The highest BCUT2D eigenvalue weighted by atomic mass is 32.1. The monoisotopic (exact) mass is 465 g/mol. The lowest BCUT2D eigenvalue weighted by Crippen LogP contribution is -2.38. The third-order valence-electron chi connectivity index (χ3n) is 6.21. The maximum absolute atomic E-state index is 12.5. The Morgan fingerprint density at radius 1 is 1.16 bits per heavy atom. The maximum Gasteiger partial charge on any atom is 0.261 e. The molecule has 7 heteroatoms. The molecule has 32 heavy (non-hydrogen) atoms. The molecule has 0 aromatic carbocycles. The van der Waals surface area contributed by atoms with Gasteiger partial charge in [0.15, 0.2) is 0 Å². The highest BCUT2D eigenvalue weighted by molar-refractivity contribution is 7.12. The number of hydrogen-bond donors (Lipinski definition) is 2. The molecular weight excluding hydrogens is 422 g/mol. The Labute approximate surface area is 198 Å². The van der Waals surface area contributed by atoms with Crippen molar-refractivity contribution in [3.05, 3.63) is 21.9 Å². The van der Waals surface area contributed by atoms with Crippen LogP contribution >= 0.6 is 11.3 Å². The fourth-order valence-electron chi connectivity index (χ4n) is 4.90. The molecule has 182 valence electrons. The van der Waals surface area contributed by atoms with Crippen molar-refractivity contribution >= 4 is 23.2 Å². The summed E-state index contributed by atoms with van der Waals surface area (Å²) in [5, 5.41) is 8.12. The highest BCUT2D eigenvalue weighted by Crippen LogP contribution is 2.41. The second-order valence-electron chi connectivity index (χ2n) is 10.3. The normalized spacial score (nSPS) is 20.3. The number of carbonyl (C=O) groups is 2. The molecule has 0 radical (unpaired) electrons. The fourth-order valence-corrected chi connectivity index (χ4v) is 5.71. The van der Waals surface area contributed by atoms with Crippen molar-refractivity contribution in [1.29, 1.82) is 0 Å². The molecule has 0 saturated heterocycles. The van der Waals surface area contributed by atoms with Crippen molar-refractivity contribution in [2.45, 2.75) is 65.9 Å². The summed E-state index contributed by atoms with van der Waals surface area (Å²) in [5.41, 5.74) is 1.31. The van der Waals surface area contributed by atoms with E-state index in [9.17, 15) is 9.59 Å². The van der Waals surface area contributed by atoms with E-state index in [-0.39, 0.29) is 23.1 Å². The number of hydrogen-bond acceptors (Lipinski definition) is 5. The summed E-state index contributed by atoms with van der Waals surface area (Å²) in [6.07, 6.45) is 6.23. The molecule has 1 aliphatic carbocycles. The average molecular weight is 466 g/mol. The number of amides is 2. The Bertz CT molecular complexity index is 719. The number of carbonyl (C=O) groups excluding carboxylic acids is 2. The van der Waals surface area contributed by atoms with E-state index >= 15 is 0 Å². The summed E-state index contributed by atoms with van der Waals surface area (Å²) < 4.78 is 5.09. The lowest BCUT2D eigenvalue weighted by Gasteiger charge is -2.38. The van der Waals surface area contributed by atoms with Crippen molar-refractivity contribution in [2.75, 3.05) is 40.3 Å². The minimum Gasteiger partial charge on any atom is -0.380 e. The van der Waals surface area contributed by atoms with Crippen molar-refractivity contribution in [3.63, 3.8) is 0 Å². The lowest BCUT2D eigenvalue weighted by molar-refractivity contribution is -0.128. The van der Waals surface area contributed by atoms with Gasteiger partial charge in [0.05, 0.1) is 11.5 Å². The van der Waals surface area contributed by atoms with Gasteiger partial charge in [-0.05, 0) is 87.0 Å². The quantitative estimate of drug-likeness (QED) is 0.426. The zero-order valence-corrected chi connectivity index (χ0v) is 21.5. The van der Waals surface area contributed by atoms with Gasteiger partial charge in [0.25, 0.3) is 5.91 Å². The van der Waals surface area contributed by atoms with Gasteiger partial charge < -0.3 is 20.3 Å². The molecular formula is C25H43N3O3S. The molecule has 2 rings (SSSR count). The van der Waals surface area contributed by atoms with Gasteiger partial charge in [0.2, 0.25) is 5.91 Å². The van der Waals surface area contributed by atoms with Crippen LogP contribution in [0.3, 0.4) is 0 Å². The number of rotatable bonds is 13. The van der Waals surface area contributed by atoms with E-state index in [2.05, 4.69) is 43.4 Å². The molecule has 2 N–H and O–H groups in total. The summed E-state index contributed by atoms with van der Waals surface area (Å²) in [4.78, 5) is 27.7. The molecule has 2 atom stereocenters. The first-order valence-corrected chi connectivity index (χ1v) is 12.9. The van der Waals surface area contributed by atoms with E-state index in [1.807, 2.05) is 11.4 Å². The van der Waals surface area contributed by atoms with Crippen LogP contribution in [-0.4, -0.2) is 57.1 Å². The van der Waals surface area contributed by atoms with Gasteiger partial charge in [-0.25, -0.2) is 0 Å². The molecule has 0 unspecified atom stereocenters. The number of nitrogens with zero attached hydrogens (tertiary/aromatic N) is 1. The third kappa shape index (κ3) is 9.59. The van der Waals surface area contributed by atoms with Gasteiger partial charge in [-0.15, -0.1) is 11.3 Å². The number of methoxy groups -OCH3 is 1. The van der Waals surface area contributed by atoms with Crippen LogP contribution in [0, 0.1) is 17.3 Å². The van der Waals surface area contributed by atoms with Crippen molar-refractivity contribution in [3.8, 4) is 0 Å². The Morgan fingerprint density at radius 2 is 1.88 bits per heavy atom. The van der Waals surface area contributed by atoms with Crippen molar-refractivity contribution in [1.82, 2.24) is 15.5 Å². The van der Waals surface area contributed by atoms with Crippen molar-refractivity contribution in [2.24, 2.45) is 17.3 Å². The van der Waals surface area contributed by atoms with E-state index in [1.165, 1.54) is 17.8 Å². The minimum absolute atomic E-state index is 0.00788. The smallest absolute Gasteiger partial charge is 0.261 e. The average Bonchev–Trinajstić information content (AvgIpc) is 3.18. The summed E-state index contributed by atoms with van der Waals surface area (Å²) >= 11 is 1.46. The molecule has 2 amide bonds. The van der Waals surface area contributed by atoms with Gasteiger partial charge in [-0.1, -0.05) is 20.8 Å². The molecule has 1 saturated carbocycles. The van der Waals surface area contributed by atoms with Crippen LogP contribution in [0.5, 0.6) is 0 Å². The van der Waals surface area contributed by atoms with Crippen LogP contribution in [0.4, 0.5) is 0 Å². The van der Waals surface area contributed by atoms with E-state index in [1.54, 1.807) is 7.11 Å². The molecule has 1 aromatic heterocycles. The van der Waals surface area contributed by atoms with Gasteiger partial charge in [0.1, 0.15) is 0 Å². The Kier molecular flexibility index (Phi) is 11.2. The van der Waals surface area contributed by atoms with Crippen LogP contribution in [-0.2, 0) is 16.1 Å². The van der Waals surface area contributed by atoms with Crippen LogP contribution in [0.15, 0.2) is 11.4 Å². The second-order valence-corrected chi connectivity index (χ2v) is 11.2. The minimum atomic E-state index is -0.00788. The Hall–Kier alpha value is -1.44. The fraction of sp³-hybridized carbons (Fsp3) is 0.760.